The molecule has 0 bridgehead atoms. The van der Waals surface area contributed by atoms with Crippen molar-refractivity contribution in [1.82, 2.24) is 4.90 Å². The highest BCUT2D eigenvalue weighted by Crippen LogP contribution is 2.17. The number of likely N-dealkylation sites (N-methyl/N-ethyl adjacent to an activating group) is 1. The predicted molar refractivity (Wildman–Crippen MR) is 60.7 cm³/mol. The van der Waals surface area contributed by atoms with E-state index in [-0.39, 0.29) is 5.54 Å². The minimum Gasteiger partial charge on any atom is -0.370 e. The molecule has 0 aromatic carbocycles. The largest absolute Gasteiger partial charge is 0.370 e. The summed E-state index contributed by atoms with van der Waals surface area (Å²) in [5, 5.41) is 0. The molecule has 0 aliphatic carbocycles. The minimum atomic E-state index is 0.154. The van der Waals surface area contributed by atoms with Crippen LogP contribution in [0.25, 0.3) is 0 Å². The van der Waals surface area contributed by atoms with E-state index in [1.807, 2.05) is 0 Å². The van der Waals surface area contributed by atoms with Crippen molar-refractivity contribution in [2.45, 2.75) is 46.6 Å². The lowest BCUT2D eigenvalue weighted by Crippen LogP contribution is -2.36. The van der Waals surface area contributed by atoms with Gasteiger partial charge in [0.1, 0.15) is 0 Å². The average molecular weight is 181 g/mol. The lowest BCUT2D eigenvalue weighted by atomic mass is 10.1. The second-order valence-electron chi connectivity index (χ2n) is 4.57. The van der Waals surface area contributed by atoms with Crippen LogP contribution in [-0.2, 0) is 0 Å². The lowest BCUT2D eigenvalue weighted by Gasteiger charge is -2.34. The summed E-state index contributed by atoms with van der Waals surface area (Å²) in [6.45, 7) is 14.9. The molecule has 0 saturated carbocycles. The summed E-state index contributed by atoms with van der Waals surface area (Å²) in [6.07, 6.45) is 3.25. The number of allylic oxidation sites excluding steroid dienone is 2. The molecule has 76 valence electrons. The first-order chi connectivity index (χ1) is 5.79. The van der Waals surface area contributed by atoms with Crippen molar-refractivity contribution in [2.75, 3.05) is 7.05 Å². The van der Waals surface area contributed by atoms with Gasteiger partial charge in [0.25, 0.3) is 0 Å². The Morgan fingerprint density at radius 2 is 1.85 bits per heavy atom. The fraction of sp³-hybridized carbons (Fsp3) is 0.667. The standard InChI is InChI=1S/C12H23N/c1-8-10(2)9-11(3)13(7)12(4,5)6/h9H,3,8H2,1-2,4-7H3/b10-9-. The molecule has 1 nitrogen and oxygen atoms in total. The van der Waals surface area contributed by atoms with Crippen LogP contribution in [0.5, 0.6) is 0 Å². The molecule has 0 aliphatic heterocycles. The zero-order valence-corrected chi connectivity index (χ0v) is 9.94. The molecule has 0 atom stereocenters. The summed E-state index contributed by atoms with van der Waals surface area (Å²) in [5.41, 5.74) is 2.62. The fourth-order valence-corrected chi connectivity index (χ4v) is 0.914. The van der Waals surface area contributed by atoms with Crippen LogP contribution in [0.2, 0.25) is 0 Å². The zero-order chi connectivity index (χ0) is 10.6. The fourth-order valence-electron chi connectivity index (χ4n) is 0.914. The molecule has 0 heterocycles. The van der Waals surface area contributed by atoms with Crippen LogP contribution >= 0.6 is 0 Å². The van der Waals surface area contributed by atoms with Gasteiger partial charge in [-0.05, 0) is 40.2 Å². The summed E-state index contributed by atoms with van der Waals surface area (Å²) in [7, 11) is 2.09. The molecular formula is C12H23N. The second kappa shape index (κ2) is 4.50. The molecule has 0 aromatic heterocycles. The van der Waals surface area contributed by atoms with E-state index in [1.54, 1.807) is 0 Å². The van der Waals surface area contributed by atoms with Gasteiger partial charge in [0.05, 0.1) is 0 Å². The molecule has 0 unspecified atom stereocenters. The van der Waals surface area contributed by atoms with Gasteiger partial charge in [-0.3, -0.25) is 0 Å². The molecule has 0 aliphatic rings. The SMILES string of the molecule is C=C(/C=C(/C)CC)N(C)C(C)(C)C. The van der Waals surface area contributed by atoms with Gasteiger partial charge in [-0.1, -0.05) is 19.1 Å². The third kappa shape index (κ3) is 4.16. The van der Waals surface area contributed by atoms with E-state index in [0.29, 0.717) is 0 Å². The third-order valence-corrected chi connectivity index (χ3v) is 2.41. The molecule has 0 amide bonds. The van der Waals surface area contributed by atoms with Gasteiger partial charge >= 0.3 is 0 Å². The van der Waals surface area contributed by atoms with Crippen molar-refractivity contribution in [1.29, 1.82) is 0 Å². The van der Waals surface area contributed by atoms with E-state index in [1.165, 1.54) is 5.57 Å². The molecular weight excluding hydrogens is 158 g/mol. The van der Waals surface area contributed by atoms with Gasteiger partial charge in [-0.25, -0.2) is 0 Å². The third-order valence-electron chi connectivity index (χ3n) is 2.41. The molecule has 0 rings (SSSR count). The van der Waals surface area contributed by atoms with Crippen molar-refractivity contribution in [3.63, 3.8) is 0 Å². The predicted octanol–water partition coefficient (Wildman–Crippen LogP) is 3.59. The van der Waals surface area contributed by atoms with E-state index < -0.39 is 0 Å². The molecule has 13 heavy (non-hydrogen) atoms. The number of nitrogens with zero attached hydrogens (tertiary/aromatic N) is 1. The van der Waals surface area contributed by atoms with Gasteiger partial charge in [0.15, 0.2) is 0 Å². The number of hydrogen-bond donors (Lipinski definition) is 0. The summed E-state index contributed by atoms with van der Waals surface area (Å²) < 4.78 is 0. The minimum absolute atomic E-state index is 0.154. The highest BCUT2D eigenvalue weighted by Gasteiger charge is 2.16. The monoisotopic (exact) mass is 181 g/mol. The molecule has 1 heteroatoms. The van der Waals surface area contributed by atoms with E-state index in [2.05, 4.69) is 59.2 Å². The second-order valence-corrected chi connectivity index (χ2v) is 4.57. The van der Waals surface area contributed by atoms with E-state index in [4.69, 9.17) is 0 Å². The first-order valence-corrected chi connectivity index (χ1v) is 4.89. The molecule has 0 aromatic rings. The molecule has 0 N–H and O–H groups in total. The summed E-state index contributed by atoms with van der Waals surface area (Å²) in [6, 6.07) is 0. The smallest absolute Gasteiger partial charge is 0.0314 e. The van der Waals surface area contributed by atoms with Gasteiger partial charge in [0, 0.05) is 18.3 Å². The van der Waals surface area contributed by atoms with Crippen LogP contribution in [0.15, 0.2) is 23.9 Å². The Labute approximate surface area is 83.1 Å². The number of hydrogen-bond acceptors (Lipinski definition) is 1. The molecule has 0 fully saturated rings. The van der Waals surface area contributed by atoms with Crippen LogP contribution in [0.4, 0.5) is 0 Å². The Hall–Kier alpha value is -0.720. The Kier molecular flexibility index (Phi) is 4.25. The Morgan fingerprint density at radius 3 is 2.15 bits per heavy atom. The van der Waals surface area contributed by atoms with Crippen LogP contribution in [0, 0.1) is 0 Å². The summed E-state index contributed by atoms with van der Waals surface area (Å²) in [4.78, 5) is 2.20. The van der Waals surface area contributed by atoms with E-state index in [9.17, 15) is 0 Å². The first kappa shape index (κ1) is 12.3. The quantitative estimate of drug-likeness (QED) is 0.601. The van der Waals surface area contributed by atoms with Crippen LogP contribution in [0.1, 0.15) is 41.0 Å². The van der Waals surface area contributed by atoms with E-state index in [0.717, 1.165) is 12.1 Å². The van der Waals surface area contributed by atoms with E-state index >= 15 is 0 Å². The van der Waals surface area contributed by atoms with Crippen molar-refractivity contribution >= 4 is 0 Å². The average Bonchev–Trinajstić information content (AvgIpc) is 2.01. The highest BCUT2D eigenvalue weighted by atomic mass is 15.2. The zero-order valence-electron chi connectivity index (χ0n) is 9.94. The lowest BCUT2D eigenvalue weighted by molar-refractivity contribution is 0.235. The van der Waals surface area contributed by atoms with Crippen LogP contribution in [-0.4, -0.2) is 17.5 Å². The maximum Gasteiger partial charge on any atom is 0.0314 e. The Morgan fingerprint density at radius 1 is 1.38 bits per heavy atom. The Bertz CT molecular complexity index is 206. The highest BCUT2D eigenvalue weighted by molar-refractivity contribution is 5.19. The topological polar surface area (TPSA) is 3.24 Å². The van der Waals surface area contributed by atoms with Gasteiger partial charge in [-0.2, -0.15) is 0 Å². The maximum atomic E-state index is 4.06. The molecule has 0 saturated heterocycles. The van der Waals surface area contributed by atoms with Gasteiger partial charge < -0.3 is 4.90 Å². The van der Waals surface area contributed by atoms with Gasteiger partial charge in [0.2, 0.25) is 0 Å². The van der Waals surface area contributed by atoms with Gasteiger partial charge in [-0.15, -0.1) is 0 Å². The molecule has 0 spiro atoms. The molecule has 0 radical (unpaired) electrons. The van der Waals surface area contributed by atoms with Crippen LogP contribution in [0.3, 0.4) is 0 Å². The normalized spacial score (nSPS) is 12.9. The van der Waals surface area contributed by atoms with Crippen molar-refractivity contribution < 1.29 is 0 Å². The first-order valence-electron chi connectivity index (χ1n) is 4.89. The summed E-state index contributed by atoms with van der Waals surface area (Å²) in [5.74, 6) is 0. The van der Waals surface area contributed by atoms with Crippen molar-refractivity contribution in [3.05, 3.63) is 23.9 Å². The Balaban J connectivity index is 4.46. The van der Waals surface area contributed by atoms with Crippen molar-refractivity contribution in [2.24, 2.45) is 0 Å². The summed E-state index contributed by atoms with van der Waals surface area (Å²) >= 11 is 0. The number of rotatable bonds is 3. The maximum absolute atomic E-state index is 4.06. The van der Waals surface area contributed by atoms with Crippen LogP contribution < -0.4 is 0 Å². The van der Waals surface area contributed by atoms with Crippen molar-refractivity contribution in [3.8, 4) is 0 Å².